The second kappa shape index (κ2) is 16.1. The maximum Gasteiger partial charge on any atom is 0.306 e. The molecule has 63 heavy (non-hydrogen) atoms. The van der Waals surface area contributed by atoms with Gasteiger partial charge in [0.05, 0.1) is 25.0 Å². The molecule has 1 unspecified atom stereocenters. The number of aliphatic hydroxyl groups excluding tert-OH is 1. The first-order valence-electron chi connectivity index (χ1n) is 21.3. The summed E-state index contributed by atoms with van der Waals surface area (Å²) in [4.78, 5) is 71.6. The molecule has 10 atom stereocenters. The van der Waals surface area contributed by atoms with Gasteiger partial charge in [-0.1, -0.05) is 43.3 Å². The molecule has 1 aromatic heterocycles. The van der Waals surface area contributed by atoms with E-state index in [1.54, 1.807) is 76.4 Å². The number of pyridine rings is 1. The summed E-state index contributed by atoms with van der Waals surface area (Å²) in [5.41, 5.74) is -4.98. The van der Waals surface area contributed by atoms with Gasteiger partial charge in [-0.05, 0) is 112 Å². The fourth-order valence-corrected chi connectivity index (χ4v) is 11.4. The average molecular weight is 870 g/mol. The number of hydrogen-bond acceptors (Lipinski definition) is 12. The quantitative estimate of drug-likeness (QED) is 0.197. The zero-order chi connectivity index (χ0) is 45.3. The summed E-state index contributed by atoms with van der Waals surface area (Å²) in [6.45, 7) is 5.66. The largest absolute Gasteiger partial charge is 0.461 e. The zero-order valence-electron chi connectivity index (χ0n) is 36.2. The molecular formula is C48H53F2N3O10. The van der Waals surface area contributed by atoms with Crippen molar-refractivity contribution in [3.8, 4) is 0 Å². The van der Waals surface area contributed by atoms with Gasteiger partial charge >= 0.3 is 11.9 Å². The van der Waals surface area contributed by atoms with E-state index in [0.717, 1.165) is 22.4 Å². The van der Waals surface area contributed by atoms with E-state index in [1.165, 1.54) is 19.1 Å². The van der Waals surface area contributed by atoms with E-state index < -0.39 is 94.3 Å². The van der Waals surface area contributed by atoms with Crippen molar-refractivity contribution in [1.82, 2.24) is 9.88 Å². The number of likely N-dealkylation sites (N-methyl/N-ethyl adjacent to an activating group) is 1. The van der Waals surface area contributed by atoms with E-state index in [1.807, 2.05) is 24.3 Å². The molecule has 0 spiro atoms. The predicted molar refractivity (Wildman–Crippen MR) is 225 cm³/mol. The van der Waals surface area contributed by atoms with Crippen LogP contribution in [0.5, 0.6) is 0 Å². The highest BCUT2D eigenvalue weighted by molar-refractivity contribution is 6.01. The lowest BCUT2D eigenvalue weighted by atomic mass is 9.44. The first kappa shape index (κ1) is 44.4. The molecular weight excluding hydrogens is 817 g/mol. The van der Waals surface area contributed by atoms with Crippen LogP contribution in [0.1, 0.15) is 77.0 Å². The second-order valence-corrected chi connectivity index (χ2v) is 18.7. The first-order valence-corrected chi connectivity index (χ1v) is 21.3. The number of allylic oxidation sites excluding steroid dienone is 4. The number of rotatable bonds is 12. The van der Waals surface area contributed by atoms with Gasteiger partial charge in [-0.15, -0.1) is 0 Å². The number of hydrogen-bond donors (Lipinski definition) is 2. The number of alkyl halides is 2. The van der Waals surface area contributed by atoms with Crippen molar-refractivity contribution in [1.29, 1.82) is 0 Å². The summed E-state index contributed by atoms with van der Waals surface area (Å²) in [6, 6.07) is 13.9. The van der Waals surface area contributed by atoms with Crippen LogP contribution in [-0.4, -0.2) is 101 Å². The summed E-state index contributed by atoms with van der Waals surface area (Å²) in [5.74, 6) is -5.86. The number of carbonyl (C=O) groups excluding carboxylic acids is 5. The van der Waals surface area contributed by atoms with Gasteiger partial charge in [0.15, 0.2) is 29.4 Å². The number of ether oxygens (including phenoxy) is 4. The fraction of sp³-hybridized carbons (Fsp3) is 0.500. The number of nitrogens with one attached hydrogen (secondary N) is 1. The highest BCUT2D eigenvalue weighted by Gasteiger charge is 2.80. The zero-order valence-corrected chi connectivity index (χ0v) is 36.2. The van der Waals surface area contributed by atoms with E-state index in [2.05, 4.69) is 10.3 Å². The number of ketones is 2. The molecule has 2 heterocycles. The van der Waals surface area contributed by atoms with E-state index in [4.69, 9.17) is 18.9 Å². The van der Waals surface area contributed by atoms with E-state index in [0.29, 0.717) is 11.3 Å². The summed E-state index contributed by atoms with van der Waals surface area (Å²) in [7, 11) is 3.60. The van der Waals surface area contributed by atoms with Crippen molar-refractivity contribution < 1.29 is 56.8 Å². The Hall–Kier alpha value is -5.22. The maximum absolute atomic E-state index is 17.7. The minimum atomic E-state index is -2.36. The number of nitrogens with zero attached hydrogens (tertiary/aromatic N) is 2. The highest BCUT2D eigenvalue weighted by atomic mass is 19.1. The van der Waals surface area contributed by atoms with Gasteiger partial charge in [0.25, 0.3) is 0 Å². The van der Waals surface area contributed by atoms with Crippen LogP contribution in [0, 0.1) is 22.7 Å². The monoisotopic (exact) mass is 869 g/mol. The Morgan fingerprint density at radius 2 is 1.68 bits per heavy atom. The maximum atomic E-state index is 17.7. The third kappa shape index (κ3) is 7.40. The molecule has 3 saturated carbocycles. The molecule has 15 heteroatoms. The van der Waals surface area contributed by atoms with Crippen LogP contribution in [0.3, 0.4) is 0 Å². The Bertz CT molecular complexity index is 2420. The highest BCUT2D eigenvalue weighted by Crippen LogP contribution is 2.72. The minimum absolute atomic E-state index is 0.00732. The molecule has 1 aliphatic heterocycles. The SMILES string of the molecule is CN(C)C(C(=O)Nc1ccc2cnccc2c1)c1ccc(COC(=O)CCC(=O)OCC(=O)[C@@]23OC(C)(C)O[C@@H]2C[C@H]2[C@@H]4C[C@H](F)C5=CC(=O)C=C[C@]5(C)[C@@]4(F)[C@@H](O)C[C@@]23C)cc1. The smallest absolute Gasteiger partial charge is 0.306 e. The third-order valence-electron chi connectivity index (χ3n) is 14.3. The Kier molecular flexibility index (Phi) is 11.3. The van der Waals surface area contributed by atoms with Gasteiger partial charge in [0, 0.05) is 40.2 Å². The number of fused-ring (bicyclic) bond motifs is 8. The number of amides is 1. The lowest BCUT2D eigenvalue weighted by molar-refractivity contribution is -0.249. The van der Waals surface area contributed by atoms with Crippen molar-refractivity contribution in [2.45, 2.75) is 108 Å². The summed E-state index contributed by atoms with van der Waals surface area (Å²) < 4.78 is 57.2. The lowest BCUT2D eigenvalue weighted by Gasteiger charge is -2.63. The lowest BCUT2D eigenvalue weighted by Crippen LogP contribution is -2.71. The molecule has 0 bridgehead atoms. The Balaban J connectivity index is 0.865. The average Bonchev–Trinajstić information content (AvgIpc) is 3.65. The van der Waals surface area contributed by atoms with Crippen LogP contribution in [-0.2, 0) is 49.5 Å². The van der Waals surface area contributed by atoms with Crippen molar-refractivity contribution in [3.05, 3.63) is 95.9 Å². The number of benzene rings is 2. The van der Waals surface area contributed by atoms with Crippen LogP contribution in [0.4, 0.5) is 14.5 Å². The third-order valence-corrected chi connectivity index (χ3v) is 14.3. The molecule has 13 nitrogen and oxygen atoms in total. The van der Waals surface area contributed by atoms with Gasteiger partial charge < -0.3 is 29.4 Å². The molecule has 0 radical (unpaired) electrons. The van der Waals surface area contributed by atoms with E-state index in [-0.39, 0.29) is 50.2 Å². The number of carbonyl (C=O) groups is 5. The van der Waals surface area contributed by atoms with Gasteiger partial charge in [0.2, 0.25) is 11.7 Å². The minimum Gasteiger partial charge on any atom is -0.461 e. The Morgan fingerprint density at radius 1 is 0.968 bits per heavy atom. The predicted octanol–water partition coefficient (Wildman–Crippen LogP) is 6.23. The van der Waals surface area contributed by atoms with Crippen molar-refractivity contribution in [2.75, 3.05) is 26.0 Å². The van der Waals surface area contributed by atoms with Crippen LogP contribution in [0.15, 0.2) is 84.7 Å². The van der Waals surface area contributed by atoms with Crippen LogP contribution < -0.4 is 5.32 Å². The van der Waals surface area contributed by atoms with Crippen LogP contribution in [0.25, 0.3) is 10.8 Å². The van der Waals surface area contributed by atoms with E-state index in [9.17, 15) is 29.1 Å². The molecule has 1 saturated heterocycles. The molecule has 334 valence electrons. The van der Waals surface area contributed by atoms with Gasteiger partial charge in [-0.3, -0.25) is 33.9 Å². The number of esters is 2. The molecule has 3 aromatic rings. The fourth-order valence-electron chi connectivity index (χ4n) is 11.4. The van der Waals surface area contributed by atoms with Gasteiger partial charge in [0.1, 0.15) is 18.8 Å². The van der Waals surface area contributed by atoms with Crippen LogP contribution in [0.2, 0.25) is 0 Å². The summed E-state index contributed by atoms with van der Waals surface area (Å²) >= 11 is 0. The van der Waals surface area contributed by atoms with Crippen molar-refractivity contribution in [2.24, 2.45) is 22.7 Å². The second-order valence-electron chi connectivity index (χ2n) is 18.7. The number of aliphatic hydroxyl groups is 1. The molecule has 4 fully saturated rings. The molecule has 8 rings (SSSR count). The van der Waals surface area contributed by atoms with E-state index >= 15 is 8.78 Å². The van der Waals surface area contributed by atoms with Gasteiger partial charge in [-0.2, -0.15) is 0 Å². The van der Waals surface area contributed by atoms with Crippen molar-refractivity contribution in [3.63, 3.8) is 0 Å². The number of aromatic nitrogens is 1. The standard InChI is InChI=1S/C48H53F2N3O10/c1-44(2)62-39-22-33-34-21-36(49)35-20-32(54)15-17-45(35,3)47(34,50)37(55)23-46(33,4)48(39,63-44)38(56)26-61-41(58)14-13-40(57)60-25-27-7-9-28(10-8-27)42(53(5)6)43(59)52-31-12-11-30-24-51-18-16-29(30)19-31/h7-12,15-20,24,33-34,36-37,39,42,55H,13-14,21-23,25-26H2,1-6H3,(H,52,59)/t33-,34-,36-,37-,39+,42?,45-,46-,47-,48+/m0/s1. The number of anilines is 1. The Labute approximate surface area is 364 Å². The first-order chi connectivity index (χ1) is 29.7. The van der Waals surface area contributed by atoms with Gasteiger partial charge in [-0.25, -0.2) is 8.78 Å². The Morgan fingerprint density at radius 3 is 2.40 bits per heavy atom. The summed E-state index contributed by atoms with van der Waals surface area (Å²) in [6.07, 6.45) is 1.73. The number of halogens is 2. The topological polar surface area (TPSA) is 171 Å². The summed E-state index contributed by atoms with van der Waals surface area (Å²) in [5, 5.41) is 16.7. The molecule has 5 aliphatic rings. The van der Waals surface area contributed by atoms with Crippen LogP contribution >= 0.6 is 0 Å². The normalized spacial score (nSPS) is 33.1. The number of Topliss-reactive ketones (excluding diaryl/α,β-unsaturated/α-hetero) is 1. The molecule has 2 N–H and O–H groups in total. The van der Waals surface area contributed by atoms with Crippen molar-refractivity contribution >= 4 is 45.9 Å². The molecule has 4 aliphatic carbocycles. The molecule has 1 amide bonds. The molecule has 2 aromatic carbocycles.